The molecule has 0 heterocycles. The van der Waals surface area contributed by atoms with Crippen LogP contribution in [-0.2, 0) is 0 Å². The van der Waals surface area contributed by atoms with Gasteiger partial charge in [-0.15, -0.1) is 0 Å². The van der Waals surface area contributed by atoms with Gasteiger partial charge in [-0.25, -0.2) is 0 Å². The number of hydrogen-bond donors (Lipinski definition) is 0. The third kappa shape index (κ3) is 2.09. The van der Waals surface area contributed by atoms with Gasteiger partial charge in [-0.05, 0) is 29.3 Å². The largest absolute Gasteiger partial charge is 0.0843 e. The van der Waals surface area contributed by atoms with E-state index >= 15 is 0 Å². The molecule has 0 aromatic heterocycles. The molecular formula is C12H8Cl2. The van der Waals surface area contributed by atoms with Gasteiger partial charge in [-0.1, -0.05) is 53.5 Å². The molecule has 2 rings (SSSR count). The molecule has 70 valence electrons. The maximum Gasteiger partial charge on any atom is 0.0426 e. The summed E-state index contributed by atoms with van der Waals surface area (Å²) in [4.78, 5) is 0. The van der Waals surface area contributed by atoms with Gasteiger partial charge < -0.3 is 0 Å². The minimum Gasteiger partial charge on any atom is -0.0843 e. The average Bonchev–Trinajstić information content (AvgIpc) is 2.18. The molecule has 0 aliphatic rings. The first kappa shape index (κ1) is 9.57. The van der Waals surface area contributed by atoms with E-state index in [4.69, 9.17) is 23.2 Å². The Kier molecular flexibility index (Phi) is 2.76. The number of halogens is 2. The second-order valence-corrected chi connectivity index (χ2v) is 3.90. The zero-order valence-electron chi connectivity index (χ0n) is 7.37. The second kappa shape index (κ2) is 4.04. The third-order valence-electron chi connectivity index (χ3n) is 1.97. The van der Waals surface area contributed by atoms with Crippen LogP contribution < -0.4 is 0 Å². The standard InChI is InChI=1S/C12H8Cl2/c13-11-6-10(7-12(14)8-11)9-4-2-1-3-5-9/h1-8H. The van der Waals surface area contributed by atoms with Crippen molar-refractivity contribution in [2.75, 3.05) is 0 Å². The molecule has 0 saturated carbocycles. The van der Waals surface area contributed by atoms with Gasteiger partial charge in [0.1, 0.15) is 0 Å². The van der Waals surface area contributed by atoms with Crippen molar-refractivity contribution in [1.29, 1.82) is 0 Å². The van der Waals surface area contributed by atoms with E-state index in [0.29, 0.717) is 10.0 Å². The molecule has 14 heavy (non-hydrogen) atoms. The molecule has 2 aromatic carbocycles. The van der Waals surface area contributed by atoms with Crippen LogP contribution in [0, 0.1) is 0 Å². The topological polar surface area (TPSA) is 0 Å². The number of rotatable bonds is 1. The second-order valence-electron chi connectivity index (χ2n) is 3.02. The highest BCUT2D eigenvalue weighted by molar-refractivity contribution is 6.35. The monoisotopic (exact) mass is 222 g/mol. The van der Waals surface area contributed by atoms with Crippen molar-refractivity contribution >= 4 is 23.2 Å². The fraction of sp³-hybridized carbons (Fsp3) is 0. The zero-order valence-corrected chi connectivity index (χ0v) is 8.89. The van der Waals surface area contributed by atoms with Gasteiger partial charge >= 0.3 is 0 Å². The summed E-state index contributed by atoms with van der Waals surface area (Å²) in [5.74, 6) is 0. The Hall–Kier alpha value is -0.980. The van der Waals surface area contributed by atoms with E-state index in [2.05, 4.69) is 0 Å². The minimum absolute atomic E-state index is 0.663. The summed E-state index contributed by atoms with van der Waals surface area (Å²) in [5, 5.41) is 1.33. The van der Waals surface area contributed by atoms with Crippen molar-refractivity contribution in [2.24, 2.45) is 0 Å². The Morgan fingerprint density at radius 3 is 1.79 bits per heavy atom. The molecule has 0 unspecified atom stereocenters. The quantitative estimate of drug-likeness (QED) is 0.659. The molecule has 0 spiro atoms. The summed E-state index contributed by atoms with van der Waals surface area (Å²) < 4.78 is 0. The van der Waals surface area contributed by atoms with Crippen molar-refractivity contribution in [3.63, 3.8) is 0 Å². The van der Waals surface area contributed by atoms with Crippen molar-refractivity contribution in [1.82, 2.24) is 0 Å². The SMILES string of the molecule is Clc1cc(Cl)cc(-c2ccccc2)c1. The third-order valence-corrected chi connectivity index (χ3v) is 2.41. The lowest BCUT2D eigenvalue weighted by atomic mass is 10.1. The summed E-state index contributed by atoms with van der Waals surface area (Å²) in [5.41, 5.74) is 2.17. The molecular weight excluding hydrogens is 215 g/mol. The van der Waals surface area contributed by atoms with Crippen LogP contribution in [0.5, 0.6) is 0 Å². The molecule has 0 radical (unpaired) electrons. The molecule has 0 bridgehead atoms. The average molecular weight is 223 g/mol. The molecule has 0 fully saturated rings. The van der Waals surface area contributed by atoms with Gasteiger partial charge in [0.05, 0.1) is 0 Å². The van der Waals surface area contributed by atoms with E-state index < -0.39 is 0 Å². The maximum atomic E-state index is 5.92. The van der Waals surface area contributed by atoms with E-state index in [1.54, 1.807) is 6.07 Å². The molecule has 0 aliphatic carbocycles. The summed E-state index contributed by atoms with van der Waals surface area (Å²) in [6.45, 7) is 0. The van der Waals surface area contributed by atoms with E-state index in [1.165, 1.54) is 0 Å². The lowest BCUT2D eigenvalue weighted by molar-refractivity contribution is 1.62. The lowest BCUT2D eigenvalue weighted by Crippen LogP contribution is -1.77. The fourth-order valence-corrected chi connectivity index (χ4v) is 1.88. The van der Waals surface area contributed by atoms with Crippen LogP contribution in [0.3, 0.4) is 0 Å². The highest BCUT2D eigenvalue weighted by Crippen LogP contribution is 2.26. The number of hydrogen-bond acceptors (Lipinski definition) is 0. The van der Waals surface area contributed by atoms with E-state index in [9.17, 15) is 0 Å². The predicted molar refractivity (Wildman–Crippen MR) is 61.9 cm³/mol. The Bertz CT molecular complexity index is 415. The van der Waals surface area contributed by atoms with Crippen LogP contribution in [-0.4, -0.2) is 0 Å². The Morgan fingerprint density at radius 2 is 1.21 bits per heavy atom. The highest BCUT2D eigenvalue weighted by atomic mass is 35.5. The van der Waals surface area contributed by atoms with Crippen molar-refractivity contribution in [3.8, 4) is 11.1 Å². The number of benzene rings is 2. The van der Waals surface area contributed by atoms with Crippen LogP contribution in [0.1, 0.15) is 0 Å². The molecule has 2 heteroatoms. The molecule has 0 N–H and O–H groups in total. The normalized spacial score (nSPS) is 10.1. The molecule has 2 aromatic rings. The van der Waals surface area contributed by atoms with Crippen LogP contribution in [0.4, 0.5) is 0 Å². The Labute approximate surface area is 93.1 Å². The van der Waals surface area contributed by atoms with Crippen molar-refractivity contribution in [3.05, 3.63) is 58.6 Å². The van der Waals surface area contributed by atoms with Gasteiger partial charge in [0.15, 0.2) is 0 Å². The maximum absolute atomic E-state index is 5.92. The first-order valence-corrected chi connectivity index (χ1v) is 5.03. The summed E-state index contributed by atoms with van der Waals surface area (Å²) in [7, 11) is 0. The lowest BCUT2D eigenvalue weighted by Gasteiger charge is -2.02. The summed E-state index contributed by atoms with van der Waals surface area (Å²) in [6, 6.07) is 15.6. The first-order chi connectivity index (χ1) is 6.75. The summed E-state index contributed by atoms with van der Waals surface area (Å²) >= 11 is 11.8. The van der Waals surface area contributed by atoms with Crippen molar-refractivity contribution < 1.29 is 0 Å². The van der Waals surface area contributed by atoms with E-state index in [1.807, 2.05) is 42.5 Å². The molecule has 0 amide bonds. The van der Waals surface area contributed by atoms with Gasteiger partial charge in [0.2, 0.25) is 0 Å². The van der Waals surface area contributed by atoms with Gasteiger partial charge in [-0.3, -0.25) is 0 Å². The molecule has 0 nitrogen and oxygen atoms in total. The molecule has 0 atom stereocenters. The highest BCUT2D eigenvalue weighted by Gasteiger charge is 1.99. The van der Waals surface area contributed by atoms with Gasteiger partial charge in [0.25, 0.3) is 0 Å². The predicted octanol–water partition coefficient (Wildman–Crippen LogP) is 4.66. The van der Waals surface area contributed by atoms with Gasteiger partial charge in [-0.2, -0.15) is 0 Å². The van der Waals surface area contributed by atoms with Crippen LogP contribution in [0.2, 0.25) is 10.0 Å². The van der Waals surface area contributed by atoms with Gasteiger partial charge in [0, 0.05) is 10.0 Å². The van der Waals surface area contributed by atoms with Crippen LogP contribution in [0.15, 0.2) is 48.5 Å². The van der Waals surface area contributed by atoms with E-state index in [-0.39, 0.29) is 0 Å². The molecule has 0 saturated heterocycles. The minimum atomic E-state index is 0.663. The summed E-state index contributed by atoms with van der Waals surface area (Å²) in [6.07, 6.45) is 0. The Morgan fingerprint density at radius 1 is 0.643 bits per heavy atom. The van der Waals surface area contributed by atoms with E-state index in [0.717, 1.165) is 11.1 Å². The van der Waals surface area contributed by atoms with Crippen molar-refractivity contribution in [2.45, 2.75) is 0 Å². The van der Waals surface area contributed by atoms with Crippen LogP contribution >= 0.6 is 23.2 Å². The first-order valence-electron chi connectivity index (χ1n) is 4.27. The fourth-order valence-electron chi connectivity index (χ4n) is 1.35. The smallest absolute Gasteiger partial charge is 0.0426 e. The zero-order chi connectivity index (χ0) is 9.97. The molecule has 0 aliphatic heterocycles. The van der Waals surface area contributed by atoms with Crippen LogP contribution in [0.25, 0.3) is 11.1 Å². The Balaban J connectivity index is 2.52.